The first-order chi connectivity index (χ1) is 12.1. The highest BCUT2D eigenvalue weighted by molar-refractivity contribution is 7.94. The number of nitrogens with zero attached hydrogens (tertiary/aromatic N) is 1. The summed E-state index contributed by atoms with van der Waals surface area (Å²) in [6, 6.07) is 10.8. The Morgan fingerprint density at radius 2 is 1.72 bits per heavy atom. The molecule has 1 spiro atoms. The lowest BCUT2D eigenvalue weighted by Gasteiger charge is -2.38. The molecule has 1 aromatic carbocycles. The van der Waals surface area contributed by atoms with Crippen molar-refractivity contribution in [3.05, 3.63) is 41.8 Å². The van der Waals surface area contributed by atoms with Crippen molar-refractivity contribution in [2.75, 3.05) is 35.9 Å². The lowest BCUT2D eigenvalue weighted by Crippen LogP contribution is -2.45. The first-order valence-corrected chi connectivity index (χ1v) is 10.6. The van der Waals surface area contributed by atoms with Crippen molar-refractivity contribution >= 4 is 32.7 Å². The normalized spacial score (nSPS) is 20.1. The Balaban J connectivity index is 1.41. The molecule has 0 amide bonds. The molecule has 1 aromatic heterocycles. The molecule has 2 aromatic rings. The van der Waals surface area contributed by atoms with E-state index in [1.165, 1.54) is 11.3 Å². The molecule has 4 rings (SSSR count). The minimum atomic E-state index is -3.50. The van der Waals surface area contributed by atoms with Gasteiger partial charge >= 0.3 is 0 Å². The van der Waals surface area contributed by atoms with Gasteiger partial charge in [-0.05, 0) is 35.7 Å². The molecule has 2 saturated heterocycles. The molecule has 0 unspecified atom stereocenters. The summed E-state index contributed by atoms with van der Waals surface area (Å²) >= 11 is 1.20. The third kappa shape index (κ3) is 3.52. The summed E-state index contributed by atoms with van der Waals surface area (Å²) in [5.41, 5.74) is 1.64. The van der Waals surface area contributed by atoms with Crippen LogP contribution < -0.4 is 9.62 Å². The van der Waals surface area contributed by atoms with E-state index in [1.807, 2.05) is 12.1 Å². The molecular weight excluding hydrogens is 360 g/mol. The average Bonchev–Trinajstić information content (AvgIpc) is 3.29. The van der Waals surface area contributed by atoms with Gasteiger partial charge in [-0.3, -0.25) is 4.72 Å². The predicted molar refractivity (Wildman–Crippen MR) is 97.7 cm³/mol. The molecule has 0 saturated carbocycles. The Morgan fingerprint density at radius 3 is 2.32 bits per heavy atom. The van der Waals surface area contributed by atoms with Crippen LogP contribution in [0.5, 0.6) is 0 Å². The highest BCUT2D eigenvalue weighted by Crippen LogP contribution is 2.33. The molecule has 6 nitrogen and oxygen atoms in total. The summed E-state index contributed by atoms with van der Waals surface area (Å²) in [6.45, 7) is 3.08. The van der Waals surface area contributed by atoms with E-state index in [-0.39, 0.29) is 5.79 Å². The van der Waals surface area contributed by atoms with Gasteiger partial charge in [0.1, 0.15) is 4.21 Å². The summed E-state index contributed by atoms with van der Waals surface area (Å²) < 4.78 is 38.9. The van der Waals surface area contributed by atoms with Gasteiger partial charge in [-0.2, -0.15) is 0 Å². The first kappa shape index (κ1) is 16.8. The Morgan fingerprint density at radius 1 is 1.04 bits per heavy atom. The van der Waals surface area contributed by atoms with Crippen LogP contribution in [0.2, 0.25) is 0 Å². The van der Waals surface area contributed by atoms with Gasteiger partial charge in [0.05, 0.1) is 13.2 Å². The molecule has 2 fully saturated rings. The lowest BCUT2D eigenvalue weighted by molar-refractivity contribution is -0.169. The molecule has 0 radical (unpaired) electrons. The fraction of sp³-hybridized carbons (Fsp3) is 0.412. The van der Waals surface area contributed by atoms with E-state index in [1.54, 1.807) is 29.6 Å². The number of sulfonamides is 1. The van der Waals surface area contributed by atoms with Crippen LogP contribution >= 0.6 is 11.3 Å². The minimum absolute atomic E-state index is 0.314. The summed E-state index contributed by atoms with van der Waals surface area (Å²) in [6.07, 6.45) is 1.69. The Labute approximate surface area is 151 Å². The van der Waals surface area contributed by atoms with E-state index < -0.39 is 10.0 Å². The topological polar surface area (TPSA) is 67.9 Å². The van der Waals surface area contributed by atoms with Crippen LogP contribution in [-0.4, -0.2) is 40.5 Å². The second-order valence-electron chi connectivity index (χ2n) is 6.18. The monoisotopic (exact) mass is 380 g/mol. The molecule has 0 bridgehead atoms. The van der Waals surface area contributed by atoms with Gasteiger partial charge in [-0.1, -0.05) is 6.07 Å². The van der Waals surface area contributed by atoms with Crippen molar-refractivity contribution < 1.29 is 17.9 Å². The third-order valence-electron chi connectivity index (χ3n) is 4.58. The number of ether oxygens (including phenoxy) is 2. The standard InChI is InChI=1S/C17H20N2O4S2/c20-25(21,16-2-1-13-24-16)18-14-3-5-15(6-4-14)19-9-7-17(8-10-19)22-11-12-23-17/h1-6,13,18H,7-12H2. The van der Waals surface area contributed by atoms with Crippen LogP contribution in [0.15, 0.2) is 46.0 Å². The fourth-order valence-corrected chi connectivity index (χ4v) is 5.30. The van der Waals surface area contributed by atoms with Crippen LogP contribution in [0.3, 0.4) is 0 Å². The molecule has 2 aliphatic rings. The van der Waals surface area contributed by atoms with Gasteiger partial charge in [0, 0.05) is 37.3 Å². The molecule has 134 valence electrons. The Bertz CT molecular complexity index is 803. The summed E-state index contributed by atoms with van der Waals surface area (Å²) in [5, 5.41) is 1.75. The van der Waals surface area contributed by atoms with Gasteiger partial charge in [0.15, 0.2) is 5.79 Å². The quantitative estimate of drug-likeness (QED) is 0.883. The number of nitrogens with one attached hydrogen (secondary N) is 1. The van der Waals surface area contributed by atoms with E-state index in [0.717, 1.165) is 31.6 Å². The largest absolute Gasteiger partial charge is 0.371 e. The molecule has 3 heterocycles. The van der Waals surface area contributed by atoms with Crippen molar-refractivity contribution in [2.45, 2.75) is 22.8 Å². The van der Waals surface area contributed by atoms with Gasteiger partial charge in [-0.15, -0.1) is 11.3 Å². The third-order valence-corrected chi connectivity index (χ3v) is 7.36. The Hall–Kier alpha value is -1.61. The zero-order valence-corrected chi connectivity index (χ0v) is 15.3. The average molecular weight is 380 g/mol. The van der Waals surface area contributed by atoms with E-state index >= 15 is 0 Å². The molecule has 25 heavy (non-hydrogen) atoms. The Kier molecular flexibility index (Phi) is 4.45. The maximum atomic E-state index is 12.3. The van der Waals surface area contributed by atoms with Crippen molar-refractivity contribution in [1.82, 2.24) is 0 Å². The number of hydrogen-bond acceptors (Lipinski definition) is 6. The number of piperidine rings is 1. The van der Waals surface area contributed by atoms with Crippen LogP contribution in [0, 0.1) is 0 Å². The summed E-state index contributed by atoms with van der Waals surface area (Å²) in [5.74, 6) is -0.382. The maximum Gasteiger partial charge on any atom is 0.271 e. The van der Waals surface area contributed by atoms with Crippen LogP contribution in [-0.2, 0) is 19.5 Å². The van der Waals surface area contributed by atoms with Crippen LogP contribution in [0.4, 0.5) is 11.4 Å². The number of hydrogen-bond donors (Lipinski definition) is 1. The smallest absolute Gasteiger partial charge is 0.271 e. The first-order valence-electron chi connectivity index (χ1n) is 8.26. The molecule has 0 atom stereocenters. The minimum Gasteiger partial charge on any atom is -0.371 e. The lowest BCUT2D eigenvalue weighted by atomic mass is 10.0. The number of thiophene rings is 1. The predicted octanol–water partition coefficient (Wildman–Crippen LogP) is 2.89. The van der Waals surface area contributed by atoms with Crippen LogP contribution in [0.25, 0.3) is 0 Å². The van der Waals surface area contributed by atoms with Gasteiger partial charge in [0.2, 0.25) is 0 Å². The van der Waals surface area contributed by atoms with Crippen molar-refractivity contribution in [1.29, 1.82) is 0 Å². The van der Waals surface area contributed by atoms with Gasteiger partial charge in [-0.25, -0.2) is 8.42 Å². The second kappa shape index (κ2) is 6.60. The zero-order chi connectivity index (χ0) is 17.3. The molecule has 8 heteroatoms. The number of rotatable bonds is 4. The zero-order valence-electron chi connectivity index (χ0n) is 13.7. The highest BCUT2D eigenvalue weighted by atomic mass is 32.2. The van der Waals surface area contributed by atoms with Gasteiger partial charge < -0.3 is 14.4 Å². The SMILES string of the molecule is O=S(=O)(Nc1ccc(N2CCC3(CC2)OCCO3)cc1)c1cccs1. The number of benzene rings is 1. The van der Waals surface area contributed by atoms with Crippen molar-refractivity contribution in [3.63, 3.8) is 0 Å². The molecule has 1 N–H and O–H groups in total. The number of anilines is 2. The van der Waals surface area contributed by atoms with Crippen molar-refractivity contribution in [3.8, 4) is 0 Å². The molecular formula is C17H20N2O4S2. The summed E-state index contributed by atoms with van der Waals surface area (Å²) in [4.78, 5) is 2.27. The second-order valence-corrected chi connectivity index (χ2v) is 9.04. The van der Waals surface area contributed by atoms with Gasteiger partial charge in [0.25, 0.3) is 10.0 Å². The van der Waals surface area contributed by atoms with E-state index in [2.05, 4.69) is 9.62 Å². The molecule has 0 aliphatic carbocycles. The van der Waals surface area contributed by atoms with E-state index in [0.29, 0.717) is 23.1 Å². The van der Waals surface area contributed by atoms with E-state index in [9.17, 15) is 8.42 Å². The maximum absolute atomic E-state index is 12.3. The fourth-order valence-electron chi connectivity index (χ4n) is 3.25. The van der Waals surface area contributed by atoms with Crippen LogP contribution in [0.1, 0.15) is 12.8 Å². The van der Waals surface area contributed by atoms with E-state index in [4.69, 9.17) is 9.47 Å². The van der Waals surface area contributed by atoms with Crippen molar-refractivity contribution in [2.24, 2.45) is 0 Å². The molecule has 2 aliphatic heterocycles. The highest BCUT2D eigenvalue weighted by Gasteiger charge is 2.39. The summed E-state index contributed by atoms with van der Waals surface area (Å²) in [7, 11) is -3.50.